The van der Waals surface area contributed by atoms with Crippen LogP contribution in [-0.4, -0.2) is 11.9 Å². The van der Waals surface area contributed by atoms with Gasteiger partial charge in [0.15, 0.2) is 5.96 Å². The maximum absolute atomic E-state index is 10.5. The van der Waals surface area contributed by atoms with Gasteiger partial charge in [-0.05, 0) is 12.1 Å². The molecule has 0 aliphatic heterocycles. The second-order valence-corrected chi connectivity index (χ2v) is 2.37. The minimum Gasteiger partial charge on any atom is -0.370 e. The number of rotatable bonds is 2. The Hall–Kier alpha value is -2.04. The van der Waals surface area contributed by atoms with Crippen LogP contribution < -0.4 is 11.1 Å². The lowest BCUT2D eigenvalue weighted by Crippen LogP contribution is -2.21. The van der Waals surface area contributed by atoms with E-state index in [4.69, 9.17) is 11.1 Å². The third kappa shape index (κ3) is 2.19. The van der Waals surface area contributed by atoms with Crippen LogP contribution in [0.4, 0.5) is 5.69 Å². The maximum atomic E-state index is 10.5. The highest BCUT2D eigenvalue weighted by molar-refractivity contribution is 5.99. The molecule has 5 nitrogen and oxygen atoms in total. The standard InChI is InChI=1S/C8H8N3O2/c9-8(10)11-6-4-2-1-3-5(6)7(12)13/h1-4H,(H4,9,10,11). The monoisotopic (exact) mass is 178 g/mol. The first-order valence-electron chi connectivity index (χ1n) is 3.52. The lowest BCUT2D eigenvalue weighted by atomic mass is 10.2. The van der Waals surface area contributed by atoms with Gasteiger partial charge in [0.05, 0.1) is 11.3 Å². The van der Waals surface area contributed by atoms with Crippen LogP contribution in [0.2, 0.25) is 0 Å². The number of hydrogen-bond donors (Lipinski definition) is 3. The van der Waals surface area contributed by atoms with Crippen molar-refractivity contribution < 1.29 is 9.90 Å². The molecule has 4 N–H and O–H groups in total. The van der Waals surface area contributed by atoms with Gasteiger partial charge in [0.2, 0.25) is 0 Å². The van der Waals surface area contributed by atoms with Gasteiger partial charge in [-0.15, -0.1) is 0 Å². The Labute approximate surface area is 74.7 Å². The van der Waals surface area contributed by atoms with Gasteiger partial charge in [-0.3, -0.25) is 5.41 Å². The summed E-state index contributed by atoms with van der Waals surface area (Å²) in [5.41, 5.74) is 5.30. The summed E-state index contributed by atoms with van der Waals surface area (Å²) in [6.45, 7) is 0. The maximum Gasteiger partial charge on any atom is 0.388 e. The van der Waals surface area contributed by atoms with Gasteiger partial charge in [-0.2, -0.15) is 0 Å². The quantitative estimate of drug-likeness (QED) is 0.455. The summed E-state index contributed by atoms with van der Waals surface area (Å²) in [7, 11) is 0. The van der Waals surface area contributed by atoms with Gasteiger partial charge >= 0.3 is 5.97 Å². The average Bonchev–Trinajstić information content (AvgIpc) is 2.03. The Morgan fingerprint density at radius 2 is 2.00 bits per heavy atom. The molecule has 13 heavy (non-hydrogen) atoms. The molecule has 0 unspecified atom stereocenters. The summed E-state index contributed by atoms with van der Waals surface area (Å²) < 4.78 is 0. The first-order chi connectivity index (χ1) is 6.11. The zero-order valence-electron chi connectivity index (χ0n) is 6.70. The van der Waals surface area contributed by atoms with Gasteiger partial charge in [0, 0.05) is 0 Å². The van der Waals surface area contributed by atoms with E-state index in [9.17, 15) is 9.90 Å². The summed E-state index contributed by atoms with van der Waals surface area (Å²) in [5, 5.41) is 19.9. The third-order valence-electron chi connectivity index (χ3n) is 1.42. The highest BCUT2D eigenvalue weighted by atomic mass is 16.4. The molecule has 0 fully saturated rings. The second kappa shape index (κ2) is 3.57. The summed E-state index contributed by atoms with van der Waals surface area (Å²) in [4.78, 5) is 10.5. The van der Waals surface area contributed by atoms with Gasteiger partial charge < -0.3 is 11.1 Å². The van der Waals surface area contributed by atoms with Crippen LogP contribution >= 0.6 is 0 Å². The van der Waals surface area contributed by atoms with Crippen molar-refractivity contribution in [3.05, 3.63) is 29.8 Å². The predicted molar refractivity (Wildman–Crippen MR) is 47.0 cm³/mol. The fraction of sp³-hybridized carbons (Fsp3) is 0. The first kappa shape index (κ1) is 9.05. The lowest BCUT2D eigenvalue weighted by molar-refractivity contribution is 0.0574. The molecular formula is C8H8N3O2. The number of carbonyl (C=O) groups is 1. The zero-order chi connectivity index (χ0) is 9.84. The number of nitrogens with two attached hydrogens (primary N) is 1. The van der Waals surface area contributed by atoms with Crippen LogP contribution in [0.1, 0.15) is 10.4 Å². The van der Waals surface area contributed by atoms with Crippen molar-refractivity contribution in [3.8, 4) is 0 Å². The predicted octanol–water partition coefficient (Wildman–Crippen LogP) is 0.563. The number of guanidine groups is 1. The summed E-state index contributed by atoms with van der Waals surface area (Å²) in [6, 6.07) is 6.08. The second-order valence-electron chi connectivity index (χ2n) is 2.37. The Morgan fingerprint density at radius 3 is 2.54 bits per heavy atom. The van der Waals surface area contributed by atoms with Gasteiger partial charge in [0.25, 0.3) is 0 Å². The molecule has 0 heterocycles. The van der Waals surface area contributed by atoms with E-state index < -0.39 is 5.97 Å². The van der Waals surface area contributed by atoms with E-state index in [1.54, 1.807) is 12.1 Å². The van der Waals surface area contributed by atoms with E-state index >= 15 is 0 Å². The fourth-order valence-electron chi connectivity index (χ4n) is 0.915. The topological polar surface area (TPSA) is 98.9 Å². The van der Waals surface area contributed by atoms with Crippen molar-refractivity contribution in [1.82, 2.24) is 0 Å². The number of para-hydroxylation sites is 1. The minimum absolute atomic E-state index is 0.0160. The molecule has 0 aliphatic rings. The van der Waals surface area contributed by atoms with Gasteiger partial charge in [-0.1, -0.05) is 12.1 Å². The zero-order valence-corrected chi connectivity index (χ0v) is 6.70. The van der Waals surface area contributed by atoms with Crippen molar-refractivity contribution in [2.75, 3.05) is 5.32 Å². The van der Waals surface area contributed by atoms with Gasteiger partial charge in [-0.25, -0.2) is 9.90 Å². The van der Waals surface area contributed by atoms with Crippen LogP contribution in [-0.2, 0) is 5.11 Å². The number of hydrogen-bond acceptors (Lipinski definition) is 2. The van der Waals surface area contributed by atoms with Crippen LogP contribution in [0.3, 0.4) is 0 Å². The van der Waals surface area contributed by atoms with E-state index in [1.807, 2.05) is 0 Å². The van der Waals surface area contributed by atoms with Crippen molar-refractivity contribution in [1.29, 1.82) is 5.41 Å². The van der Waals surface area contributed by atoms with Crippen LogP contribution in [0.5, 0.6) is 0 Å². The molecule has 0 aromatic heterocycles. The Morgan fingerprint density at radius 1 is 1.38 bits per heavy atom. The van der Waals surface area contributed by atoms with Crippen molar-refractivity contribution in [2.45, 2.75) is 0 Å². The van der Waals surface area contributed by atoms with E-state index in [0.29, 0.717) is 0 Å². The molecular weight excluding hydrogens is 170 g/mol. The minimum atomic E-state index is -1.30. The highest BCUT2D eigenvalue weighted by Crippen LogP contribution is 2.14. The summed E-state index contributed by atoms with van der Waals surface area (Å²) in [5.74, 6) is -1.61. The number of benzene rings is 1. The molecule has 0 saturated carbocycles. The Balaban J connectivity index is 3.04. The fourth-order valence-corrected chi connectivity index (χ4v) is 0.915. The molecule has 1 aromatic rings. The summed E-state index contributed by atoms with van der Waals surface area (Å²) >= 11 is 0. The van der Waals surface area contributed by atoms with Crippen molar-refractivity contribution >= 4 is 17.6 Å². The molecule has 0 aliphatic carbocycles. The van der Waals surface area contributed by atoms with E-state index in [1.165, 1.54) is 12.1 Å². The van der Waals surface area contributed by atoms with E-state index in [-0.39, 0.29) is 17.2 Å². The average molecular weight is 178 g/mol. The van der Waals surface area contributed by atoms with Crippen molar-refractivity contribution in [3.63, 3.8) is 0 Å². The van der Waals surface area contributed by atoms with Crippen LogP contribution in [0.25, 0.3) is 0 Å². The van der Waals surface area contributed by atoms with Crippen LogP contribution in [0.15, 0.2) is 24.3 Å². The smallest absolute Gasteiger partial charge is 0.370 e. The molecule has 67 valence electrons. The molecule has 0 atom stereocenters. The summed E-state index contributed by atoms with van der Waals surface area (Å²) in [6.07, 6.45) is 0. The van der Waals surface area contributed by atoms with Gasteiger partial charge in [0.1, 0.15) is 0 Å². The molecule has 0 bridgehead atoms. The first-order valence-corrected chi connectivity index (χ1v) is 3.52. The Kier molecular flexibility index (Phi) is 2.49. The van der Waals surface area contributed by atoms with E-state index in [2.05, 4.69) is 5.32 Å². The molecule has 1 rings (SSSR count). The van der Waals surface area contributed by atoms with Crippen molar-refractivity contribution in [2.24, 2.45) is 5.73 Å². The largest absolute Gasteiger partial charge is 0.388 e. The lowest BCUT2D eigenvalue weighted by Gasteiger charge is -2.05. The highest BCUT2D eigenvalue weighted by Gasteiger charge is 2.10. The number of anilines is 1. The SMILES string of the molecule is N=C(N)Nc1ccccc1C([O])=O. The molecule has 5 heteroatoms. The number of carbonyl (C=O) groups excluding carboxylic acids is 1. The molecule has 0 spiro atoms. The molecule has 1 aromatic carbocycles. The Bertz CT molecular complexity index is 349. The molecule has 0 saturated heterocycles. The third-order valence-corrected chi connectivity index (χ3v) is 1.42. The van der Waals surface area contributed by atoms with E-state index in [0.717, 1.165) is 0 Å². The normalized spacial score (nSPS) is 9.23. The number of nitrogens with one attached hydrogen (secondary N) is 2. The molecule has 1 radical (unpaired) electrons. The molecule has 0 amide bonds. The van der Waals surface area contributed by atoms with Crippen LogP contribution in [0, 0.1) is 5.41 Å².